The van der Waals surface area contributed by atoms with Crippen molar-refractivity contribution in [2.45, 2.75) is 80.4 Å². The number of halogens is 10. The van der Waals surface area contributed by atoms with E-state index in [1.165, 1.54) is 0 Å². The molecule has 0 heterocycles. The molecule has 2 nitrogen and oxygen atoms in total. The molecule has 0 bridgehead atoms. The van der Waals surface area contributed by atoms with Crippen LogP contribution in [0, 0.1) is 5.92 Å². The van der Waals surface area contributed by atoms with E-state index < -0.39 is 86.3 Å². The molecule has 0 aromatic rings. The first-order valence-corrected chi connectivity index (χ1v) is 8.24. The fraction of sp³-hybridized carbons (Fsp3) is 1.00. The molecule has 0 radical (unpaired) electrons. The first kappa shape index (κ1) is 21.9. The lowest BCUT2D eigenvalue weighted by molar-refractivity contribution is -0.366. The van der Waals surface area contributed by atoms with Gasteiger partial charge in [0.1, 0.15) is 36.7 Å². The predicted octanol–water partition coefficient (Wildman–Crippen LogP) is 5.03. The molecule has 0 aromatic heterocycles. The van der Waals surface area contributed by atoms with Crippen molar-refractivity contribution in [3.05, 3.63) is 0 Å². The normalized spacial score (nSPS) is 42.7. The van der Waals surface area contributed by atoms with Crippen LogP contribution in [0.3, 0.4) is 0 Å². The van der Waals surface area contributed by atoms with Gasteiger partial charge in [0.15, 0.2) is 0 Å². The summed E-state index contributed by atoms with van der Waals surface area (Å²) in [5.74, 6) is -2.52. The van der Waals surface area contributed by atoms with Gasteiger partial charge >= 0.3 is 12.5 Å². The van der Waals surface area contributed by atoms with Crippen molar-refractivity contribution in [1.29, 1.82) is 0 Å². The Morgan fingerprint density at radius 3 is 1.58 bits per heavy atom. The maximum atomic E-state index is 14.1. The van der Waals surface area contributed by atoms with Gasteiger partial charge in [0.2, 0.25) is 0 Å². The van der Waals surface area contributed by atoms with Crippen molar-refractivity contribution < 1.29 is 49.0 Å². The van der Waals surface area contributed by atoms with E-state index in [0.29, 0.717) is 0 Å². The van der Waals surface area contributed by atoms with Crippen LogP contribution in [0.15, 0.2) is 0 Å². The third-order valence-corrected chi connectivity index (χ3v) is 4.77. The number of ether oxygens (including phenoxy) is 2. The molecule has 12 heteroatoms. The van der Waals surface area contributed by atoms with E-state index in [2.05, 4.69) is 9.47 Å². The Balaban J connectivity index is 2.02. The van der Waals surface area contributed by atoms with Crippen molar-refractivity contribution in [2.24, 2.45) is 5.92 Å². The number of rotatable bonds is 4. The van der Waals surface area contributed by atoms with Crippen LogP contribution in [0.2, 0.25) is 0 Å². The Morgan fingerprint density at radius 2 is 1.15 bits per heavy atom. The minimum atomic E-state index is -5.31. The zero-order valence-electron chi connectivity index (χ0n) is 13.0. The third-order valence-electron chi connectivity index (χ3n) is 4.41. The van der Waals surface area contributed by atoms with Gasteiger partial charge in [-0.3, -0.25) is 4.74 Å². The van der Waals surface area contributed by atoms with Crippen LogP contribution in [0.5, 0.6) is 0 Å². The van der Waals surface area contributed by atoms with E-state index in [0.717, 1.165) is 0 Å². The largest absolute Gasteiger partial charge is 0.522 e. The summed E-state index contributed by atoms with van der Waals surface area (Å²) in [4.78, 5) is 0. The van der Waals surface area contributed by atoms with Crippen LogP contribution in [0.1, 0.15) is 25.7 Å². The van der Waals surface area contributed by atoms with E-state index in [4.69, 9.17) is 11.6 Å². The second-order valence-corrected chi connectivity index (χ2v) is 7.08. The SMILES string of the molecule is FC1CC(OC(F)(F)C2C(F)CC(Cl)CC2F)CC(F)C1OC(F)(F)F. The number of hydrogen-bond acceptors (Lipinski definition) is 2. The zero-order chi connectivity index (χ0) is 19.9. The van der Waals surface area contributed by atoms with Gasteiger partial charge < -0.3 is 4.74 Å². The highest BCUT2D eigenvalue weighted by atomic mass is 35.5. The van der Waals surface area contributed by atoms with E-state index in [-0.39, 0.29) is 0 Å². The van der Waals surface area contributed by atoms with Gasteiger partial charge in [0, 0.05) is 18.2 Å². The van der Waals surface area contributed by atoms with Gasteiger partial charge in [-0.15, -0.1) is 24.8 Å². The molecule has 0 amide bonds. The monoisotopic (exact) mass is 422 g/mol. The van der Waals surface area contributed by atoms with E-state index in [1.807, 2.05) is 0 Å². The molecular weight excluding hydrogens is 407 g/mol. The molecule has 2 aliphatic rings. The molecule has 26 heavy (non-hydrogen) atoms. The molecule has 0 spiro atoms. The van der Waals surface area contributed by atoms with Crippen LogP contribution in [0.25, 0.3) is 0 Å². The van der Waals surface area contributed by atoms with Gasteiger partial charge in [0.25, 0.3) is 0 Å². The lowest BCUT2D eigenvalue weighted by Crippen LogP contribution is -2.52. The van der Waals surface area contributed by atoms with Crippen molar-refractivity contribution in [3.8, 4) is 0 Å². The van der Waals surface area contributed by atoms with Crippen molar-refractivity contribution in [2.75, 3.05) is 0 Å². The Kier molecular flexibility index (Phi) is 6.65. The third kappa shape index (κ3) is 5.31. The molecule has 0 N–H and O–H groups in total. The highest BCUT2D eigenvalue weighted by molar-refractivity contribution is 6.20. The smallest absolute Gasteiger partial charge is 0.317 e. The Morgan fingerprint density at radius 1 is 0.692 bits per heavy atom. The average Bonchev–Trinajstić information content (AvgIpc) is 2.39. The predicted molar refractivity (Wildman–Crippen MR) is 71.9 cm³/mol. The molecule has 4 unspecified atom stereocenters. The molecule has 2 aliphatic carbocycles. The first-order chi connectivity index (χ1) is 11.8. The Labute approximate surface area is 147 Å². The van der Waals surface area contributed by atoms with E-state index >= 15 is 0 Å². The summed E-state index contributed by atoms with van der Waals surface area (Å²) in [5.41, 5.74) is 0. The van der Waals surface area contributed by atoms with Gasteiger partial charge in [-0.2, -0.15) is 8.78 Å². The maximum absolute atomic E-state index is 14.1. The minimum absolute atomic E-state index is 0.546. The standard InChI is InChI=1S/C14H16ClF9O2/c15-5-1-7(16)11(8(17)2-5)13(20,21)25-6-3-9(18)12(10(19)4-6)26-14(22,23)24/h5-12H,1-4H2. The second-order valence-electron chi connectivity index (χ2n) is 6.46. The van der Waals surface area contributed by atoms with Gasteiger partial charge in [0.05, 0.1) is 6.10 Å². The van der Waals surface area contributed by atoms with Crippen molar-refractivity contribution >= 4 is 11.6 Å². The average molecular weight is 423 g/mol. The molecule has 0 aliphatic heterocycles. The quantitative estimate of drug-likeness (QED) is 0.467. The van der Waals surface area contributed by atoms with Crippen LogP contribution >= 0.6 is 11.6 Å². The van der Waals surface area contributed by atoms with E-state index in [9.17, 15) is 39.5 Å². The number of alkyl halides is 10. The highest BCUT2D eigenvalue weighted by Gasteiger charge is 2.56. The lowest BCUT2D eigenvalue weighted by Gasteiger charge is -2.40. The van der Waals surface area contributed by atoms with Crippen LogP contribution in [-0.2, 0) is 9.47 Å². The van der Waals surface area contributed by atoms with Crippen LogP contribution in [0.4, 0.5) is 39.5 Å². The first-order valence-electron chi connectivity index (χ1n) is 7.80. The van der Waals surface area contributed by atoms with Crippen molar-refractivity contribution in [1.82, 2.24) is 0 Å². The van der Waals surface area contributed by atoms with Gasteiger partial charge in [-0.05, 0) is 12.8 Å². The summed E-state index contributed by atoms with van der Waals surface area (Å²) in [7, 11) is 0. The summed E-state index contributed by atoms with van der Waals surface area (Å²) in [6.07, 6.45) is -27.1. The fourth-order valence-corrected chi connectivity index (χ4v) is 3.66. The summed E-state index contributed by atoms with van der Waals surface area (Å²) in [6.45, 7) is 0. The molecule has 2 saturated carbocycles. The lowest BCUT2D eigenvalue weighted by atomic mass is 9.84. The summed E-state index contributed by atoms with van der Waals surface area (Å²) in [6, 6.07) is 0. The summed E-state index contributed by atoms with van der Waals surface area (Å²) in [5, 5.41) is -0.979. The molecule has 4 atom stereocenters. The zero-order valence-corrected chi connectivity index (χ0v) is 13.8. The van der Waals surface area contributed by atoms with Gasteiger partial charge in [-0.25, -0.2) is 17.6 Å². The van der Waals surface area contributed by atoms with Crippen LogP contribution in [-0.4, -0.2) is 54.7 Å². The Hall–Kier alpha value is -0.420. The van der Waals surface area contributed by atoms with E-state index in [1.54, 1.807) is 0 Å². The van der Waals surface area contributed by atoms with Gasteiger partial charge in [-0.1, -0.05) is 0 Å². The second kappa shape index (κ2) is 7.90. The topological polar surface area (TPSA) is 18.5 Å². The molecular formula is C14H16ClF9O2. The highest BCUT2D eigenvalue weighted by Crippen LogP contribution is 2.44. The molecule has 2 rings (SSSR count). The maximum Gasteiger partial charge on any atom is 0.522 e. The summed E-state index contributed by atoms with van der Waals surface area (Å²) >= 11 is 5.55. The van der Waals surface area contributed by atoms with Crippen molar-refractivity contribution in [3.63, 3.8) is 0 Å². The fourth-order valence-electron chi connectivity index (χ4n) is 3.32. The summed E-state index contributed by atoms with van der Waals surface area (Å²) < 4.78 is 127. The molecule has 0 saturated heterocycles. The number of hydrogen-bond donors (Lipinski definition) is 0. The van der Waals surface area contributed by atoms with Crippen LogP contribution < -0.4 is 0 Å². The Bertz CT molecular complexity index is 454. The molecule has 2 fully saturated rings. The molecule has 154 valence electrons. The minimum Gasteiger partial charge on any atom is -0.317 e. The molecule has 0 aromatic carbocycles.